The van der Waals surface area contributed by atoms with Gasteiger partial charge in [-0.25, -0.2) is 9.97 Å². The number of benzene rings is 3. The van der Waals surface area contributed by atoms with E-state index in [0.29, 0.717) is 11.8 Å². The Kier molecular flexibility index (Phi) is 7.00. The molecule has 0 radical (unpaired) electrons. The van der Waals surface area contributed by atoms with E-state index in [-0.39, 0.29) is 5.41 Å². The number of rotatable bonds is 5. The fraction of sp³-hybridized carbons (Fsp3) is 0.256. The molecule has 6 heteroatoms. The average Bonchev–Trinajstić information content (AvgIpc) is 3.66. The van der Waals surface area contributed by atoms with Gasteiger partial charge in [-0.1, -0.05) is 81.4 Å². The third-order valence-corrected chi connectivity index (χ3v) is 10.8. The number of pyridine rings is 2. The Morgan fingerprint density at radius 3 is 2.08 bits per heavy atom. The highest BCUT2D eigenvalue weighted by molar-refractivity contribution is 5.87. The van der Waals surface area contributed by atoms with E-state index in [1.807, 2.05) is 6.20 Å². The summed E-state index contributed by atoms with van der Waals surface area (Å²) in [5.74, 6) is 1.26. The minimum Gasteiger partial charge on any atom is -0.422 e. The number of aryl methyl sites for hydroxylation is 2. The van der Waals surface area contributed by atoms with E-state index >= 15 is 0 Å². The molecule has 3 aromatic carbocycles. The first kappa shape index (κ1) is 30.9. The molecule has 4 heterocycles. The Balaban J connectivity index is 1.42. The van der Waals surface area contributed by atoms with Gasteiger partial charge < -0.3 is 14.5 Å². The average molecular weight is 646 g/mol. The maximum Gasteiger partial charge on any atom is 0.221 e. The highest BCUT2D eigenvalue weighted by Crippen LogP contribution is 2.57. The number of nitrogens with zero attached hydrogens (tertiary/aromatic N) is 5. The van der Waals surface area contributed by atoms with Gasteiger partial charge in [-0.15, -0.1) is 0 Å². The van der Waals surface area contributed by atoms with Gasteiger partial charge >= 0.3 is 0 Å². The predicted molar refractivity (Wildman–Crippen MR) is 198 cm³/mol. The van der Waals surface area contributed by atoms with E-state index in [9.17, 15) is 0 Å². The molecule has 0 spiro atoms. The van der Waals surface area contributed by atoms with Crippen LogP contribution in [0.25, 0.3) is 16.8 Å². The van der Waals surface area contributed by atoms with Gasteiger partial charge in [0.15, 0.2) is 0 Å². The normalized spacial score (nSPS) is 15.3. The van der Waals surface area contributed by atoms with Crippen LogP contribution in [0.2, 0.25) is 0 Å². The van der Waals surface area contributed by atoms with E-state index < -0.39 is 5.41 Å². The molecule has 246 valence electrons. The standard InChI is InChI=1S/C43H43N5O/c1-27-28(2)48-39(45-27)23-33(25-41(48)49-40-24-31(20-21-44-40)42(5,6)7)43(37-18-11-9-16-35(37)36-17-10-12-19-38(36)43)32-14-13-15-34(22-32)47-26-46(8)29(3)30(47)4/h9-25H,26H2,1-8H3. The number of allylic oxidation sites excluding steroid dienone is 2. The minimum atomic E-state index is -0.629. The lowest BCUT2D eigenvalue weighted by atomic mass is 9.67. The number of ether oxygens (including phenoxy) is 1. The largest absolute Gasteiger partial charge is 0.422 e. The first-order valence-corrected chi connectivity index (χ1v) is 17.1. The first-order chi connectivity index (χ1) is 23.5. The molecule has 6 nitrogen and oxygen atoms in total. The highest BCUT2D eigenvalue weighted by Gasteiger charge is 2.47. The molecular weight excluding hydrogens is 603 g/mol. The fourth-order valence-electron chi connectivity index (χ4n) is 7.82. The summed E-state index contributed by atoms with van der Waals surface area (Å²) in [6.07, 6.45) is 1.84. The maximum absolute atomic E-state index is 6.81. The molecule has 8 rings (SSSR count). The summed E-state index contributed by atoms with van der Waals surface area (Å²) in [6, 6.07) is 35.4. The van der Waals surface area contributed by atoms with Gasteiger partial charge in [0.2, 0.25) is 11.8 Å². The number of fused-ring (bicyclic) bond motifs is 4. The SMILES string of the molecule is CC1=C(C)N(c2cccc(C3(c4cc(Oc5cc(C(C)(C)C)ccn5)n5c(C)c(C)nc5c4)c4ccccc4-c4ccccc43)c2)CN1C. The lowest BCUT2D eigenvalue weighted by molar-refractivity contribution is 0.432. The molecule has 0 saturated heterocycles. The van der Waals surface area contributed by atoms with Gasteiger partial charge in [-0.2, -0.15) is 0 Å². The molecular formula is C43H43N5O. The van der Waals surface area contributed by atoms with Crippen molar-refractivity contribution in [1.29, 1.82) is 0 Å². The molecule has 1 aliphatic heterocycles. The summed E-state index contributed by atoms with van der Waals surface area (Å²) in [7, 11) is 2.16. The molecule has 0 unspecified atom stereocenters. The quantitative estimate of drug-likeness (QED) is 0.187. The zero-order valence-electron chi connectivity index (χ0n) is 29.7. The third-order valence-electron chi connectivity index (χ3n) is 10.8. The third kappa shape index (κ3) is 4.68. The Bertz CT molecular complexity index is 2260. The van der Waals surface area contributed by atoms with E-state index in [0.717, 1.165) is 29.3 Å². The van der Waals surface area contributed by atoms with Crippen molar-refractivity contribution in [3.63, 3.8) is 0 Å². The van der Waals surface area contributed by atoms with Crippen LogP contribution >= 0.6 is 0 Å². The molecule has 0 atom stereocenters. The zero-order valence-corrected chi connectivity index (χ0v) is 29.7. The number of hydrogen-bond acceptors (Lipinski definition) is 5. The highest BCUT2D eigenvalue weighted by atomic mass is 16.5. The summed E-state index contributed by atoms with van der Waals surface area (Å²) in [6.45, 7) is 16.0. The second-order valence-corrected chi connectivity index (χ2v) is 14.6. The summed E-state index contributed by atoms with van der Waals surface area (Å²) in [5, 5.41) is 0. The molecule has 0 saturated carbocycles. The summed E-state index contributed by atoms with van der Waals surface area (Å²) < 4.78 is 8.94. The Labute approximate surface area is 289 Å². The molecule has 0 fully saturated rings. The Morgan fingerprint density at radius 1 is 0.735 bits per heavy atom. The molecule has 6 aromatic rings. The van der Waals surface area contributed by atoms with Crippen molar-refractivity contribution < 1.29 is 4.74 Å². The smallest absolute Gasteiger partial charge is 0.221 e. The van der Waals surface area contributed by atoms with Gasteiger partial charge in [0.05, 0.1) is 17.8 Å². The fourth-order valence-corrected chi connectivity index (χ4v) is 7.82. The number of hydrogen-bond donors (Lipinski definition) is 0. The molecule has 2 aliphatic rings. The monoisotopic (exact) mass is 645 g/mol. The first-order valence-electron chi connectivity index (χ1n) is 17.1. The maximum atomic E-state index is 6.81. The number of aromatic nitrogens is 3. The van der Waals surface area contributed by atoms with Crippen LogP contribution in [0.5, 0.6) is 11.8 Å². The van der Waals surface area contributed by atoms with Crippen molar-refractivity contribution >= 4 is 11.3 Å². The topological polar surface area (TPSA) is 45.9 Å². The van der Waals surface area contributed by atoms with E-state index in [4.69, 9.17) is 9.72 Å². The van der Waals surface area contributed by atoms with Crippen molar-refractivity contribution in [1.82, 2.24) is 19.3 Å². The molecule has 1 aliphatic carbocycles. The van der Waals surface area contributed by atoms with Crippen LogP contribution in [0, 0.1) is 13.8 Å². The van der Waals surface area contributed by atoms with Crippen molar-refractivity contribution in [3.8, 4) is 22.9 Å². The second-order valence-electron chi connectivity index (χ2n) is 14.6. The van der Waals surface area contributed by atoms with Gasteiger partial charge in [0.1, 0.15) is 5.65 Å². The van der Waals surface area contributed by atoms with Crippen LogP contribution in [0.4, 0.5) is 5.69 Å². The molecule has 0 amide bonds. The lowest BCUT2D eigenvalue weighted by Crippen LogP contribution is -2.30. The van der Waals surface area contributed by atoms with Gasteiger partial charge in [-0.3, -0.25) is 4.40 Å². The minimum absolute atomic E-state index is 0.0394. The van der Waals surface area contributed by atoms with Crippen LogP contribution < -0.4 is 9.64 Å². The predicted octanol–water partition coefficient (Wildman–Crippen LogP) is 9.76. The zero-order chi connectivity index (χ0) is 34.2. The van der Waals surface area contributed by atoms with E-state index in [1.54, 1.807) is 0 Å². The number of imidazole rings is 1. The van der Waals surface area contributed by atoms with Crippen molar-refractivity contribution in [2.75, 3.05) is 18.6 Å². The van der Waals surface area contributed by atoms with Crippen LogP contribution in [-0.4, -0.2) is 33.0 Å². The molecule has 49 heavy (non-hydrogen) atoms. The number of anilines is 1. The van der Waals surface area contributed by atoms with Crippen LogP contribution in [0.1, 0.15) is 73.8 Å². The van der Waals surface area contributed by atoms with Crippen LogP contribution in [0.3, 0.4) is 0 Å². The van der Waals surface area contributed by atoms with Crippen molar-refractivity contribution in [2.45, 2.75) is 59.3 Å². The van der Waals surface area contributed by atoms with Crippen molar-refractivity contribution in [2.24, 2.45) is 0 Å². The van der Waals surface area contributed by atoms with Crippen LogP contribution in [0.15, 0.2) is 115 Å². The second kappa shape index (κ2) is 11.1. The lowest BCUT2D eigenvalue weighted by Gasteiger charge is -2.35. The van der Waals surface area contributed by atoms with Gasteiger partial charge in [-0.05, 0) is 96.3 Å². The Morgan fingerprint density at radius 2 is 1.43 bits per heavy atom. The molecule has 0 N–H and O–H groups in total. The summed E-state index contributed by atoms with van der Waals surface area (Å²) >= 11 is 0. The molecule has 3 aromatic heterocycles. The van der Waals surface area contributed by atoms with Crippen LogP contribution in [-0.2, 0) is 10.8 Å². The molecule has 0 bridgehead atoms. The van der Waals surface area contributed by atoms with E-state index in [1.165, 1.54) is 50.5 Å². The summed E-state index contributed by atoms with van der Waals surface area (Å²) in [4.78, 5) is 14.5. The summed E-state index contributed by atoms with van der Waals surface area (Å²) in [5.41, 5.74) is 14.4. The van der Waals surface area contributed by atoms with E-state index in [2.05, 4.69) is 172 Å². The van der Waals surface area contributed by atoms with Gasteiger partial charge in [0.25, 0.3) is 0 Å². The Hall–Kier alpha value is -5.36. The van der Waals surface area contributed by atoms with Crippen molar-refractivity contribution in [3.05, 3.63) is 154 Å². The van der Waals surface area contributed by atoms with Gasteiger partial charge in [0, 0.05) is 48.2 Å².